The molecule has 4 heteroatoms. The molecular weight excluding hydrogens is 218 g/mol. The van der Waals surface area contributed by atoms with Crippen LogP contribution in [-0.4, -0.2) is 28.3 Å². The molecule has 2 rings (SSSR count). The molecular formula is C13H17NO3. The monoisotopic (exact) mass is 235 g/mol. The number of para-hydroxylation sites is 1. The number of aromatic hydroxyl groups is 1. The van der Waals surface area contributed by atoms with Crippen molar-refractivity contribution >= 4 is 5.91 Å². The molecule has 0 unspecified atom stereocenters. The van der Waals surface area contributed by atoms with Gasteiger partial charge in [-0.1, -0.05) is 25.0 Å². The minimum atomic E-state index is -0.474. The number of aliphatic hydroxyl groups excluding tert-OH is 1. The molecule has 1 aliphatic rings. The van der Waals surface area contributed by atoms with E-state index >= 15 is 0 Å². The van der Waals surface area contributed by atoms with E-state index in [9.17, 15) is 15.0 Å². The summed E-state index contributed by atoms with van der Waals surface area (Å²) >= 11 is 0. The summed E-state index contributed by atoms with van der Waals surface area (Å²) < 4.78 is 0. The van der Waals surface area contributed by atoms with Crippen molar-refractivity contribution in [1.82, 2.24) is 5.32 Å². The third-order valence-corrected chi connectivity index (χ3v) is 3.19. The van der Waals surface area contributed by atoms with E-state index in [2.05, 4.69) is 5.32 Å². The Bertz CT molecular complexity index is 405. The van der Waals surface area contributed by atoms with Gasteiger partial charge in [0.2, 0.25) is 0 Å². The van der Waals surface area contributed by atoms with Crippen molar-refractivity contribution in [2.24, 2.45) is 0 Å². The fourth-order valence-electron chi connectivity index (χ4n) is 2.19. The average Bonchev–Trinajstić information content (AvgIpc) is 2.32. The molecule has 4 nitrogen and oxygen atoms in total. The van der Waals surface area contributed by atoms with E-state index in [1.807, 2.05) is 0 Å². The first-order chi connectivity index (χ1) is 8.18. The highest BCUT2D eigenvalue weighted by atomic mass is 16.3. The van der Waals surface area contributed by atoms with Gasteiger partial charge in [0.05, 0.1) is 17.7 Å². The van der Waals surface area contributed by atoms with E-state index in [-0.39, 0.29) is 23.3 Å². The minimum absolute atomic E-state index is 0.0321. The lowest BCUT2D eigenvalue weighted by molar-refractivity contribution is 0.0715. The molecule has 17 heavy (non-hydrogen) atoms. The highest BCUT2D eigenvalue weighted by Crippen LogP contribution is 2.20. The van der Waals surface area contributed by atoms with Gasteiger partial charge in [0.25, 0.3) is 5.91 Å². The van der Waals surface area contributed by atoms with Crippen molar-refractivity contribution in [2.75, 3.05) is 0 Å². The molecule has 0 aliphatic heterocycles. The molecule has 1 aliphatic carbocycles. The predicted molar refractivity (Wildman–Crippen MR) is 63.8 cm³/mol. The van der Waals surface area contributed by atoms with Gasteiger partial charge in [-0.25, -0.2) is 0 Å². The van der Waals surface area contributed by atoms with Gasteiger partial charge in [0.15, 0.2) is 0 Å². The number of phenolic OH excluding ortho intramolecular Hbond substituents is 1. The Morgan fingerprint density at radius 3 is 2.65 bits per heavy atom. The first-order valence-electron chi connectivity index (χ1n) is 5.95. The van der Waals surface area contributed by atoms with Gasteiger partial charge >= 0.3 is 0 Å². The summed E-state index contributed by atoms with van der Waals surface area (Å²) in [4.78, 5) is 11.9. The normalized spacial score (nSPS) is 24.3. The van der Waals surface area contributed by atoms with Crippen LogP contribution in [0.15, 0.2) is 24.3 Å². The van der Waals surface area contributed by atoms with Crippen molar-refractivity contribution in [1.29, 1.82) is 0 Å². The summed E-state index contributed by atoms with van der Waals surface area (Å²) in [5.41, 5.74) is 0.255. The number of hydrogen-bond acceptors (Lipinski definition) is 3. The first kappa shape index (κ1) is 11.9. The van der Waals surface area contributed by atoms with E-state index in [1.165, 1.54) is 6.07 Å². The SMILES string of the molecule is O=C(N[C@H]1CCCC[C@@H]1O)c1ccccc1O. The Morgan fingerprint density at radius 2 is 1.94 bits per heavy atom. The summed E-state index contributed by atoms with van der Waals surface area (Å²) in [6.07, 6.45) is 3.07. The number of nitrogens with one attached hydrogen (secondary N) is 1. The highest BCUT2D eigenvalue weighted by molar-refractivity contribution is 5.96. The standard InChI is InChI=1S/C13H17NO3/c15-11-7-3-1-5-9(11)13(17)14-10-6-2-4-8-12(10)16/h1,3,5,7,10,12,15-16H,2,4,6,8H2,(H,14,17)/t10-,12-/m0/s1. The molecule has 2 atom stereocenters. The Labute approximate surface area is 100 Å². The second-order valence-corrected chi connectivity index (χ2v) is 4.45. The number of hydrogen-bond donors (Lipinski definition) is 3. The lowest BCUT2D eigenvalue weighted by atomic mass is 9.92. The maximum absolute atomic E-state index is 11.9. The fourth-order valence-corrected chi connectivity index (χ4v) is 2.19. The Morgan fingerprint density at radius 1 is 1.24 bits per heavy atom. The largest absolute Gasteiger partial charge is 0.507 e. The van der Waals surface area contributed by atoms with E-state index in [1.54, 1.807) is 18.2 Å². The third-order valence-electron chi connectivity index (χ3n) is 3.19. The van der Waals surface area contributed by atoms with Crippen LogP contribution >= 0.6 is 0 Å². The van der Waals surface area contributed by atoms with Crippen molar-refractivity contribution < 1.29 is 15.0 Å². The number of carbonyl (C=O) groups excluding carboxylic acids is 1. The van der Waals surface area contributed by atoms with Crippen LogP contribution in [0.1, 0.15) is 36.0 Å². The van der Waals surface area contributed by atoms with Crippen LogP contribution in [0.4, 0.5) is 0 Å². The third kappa shape index (κ3) is 2.77. The molecule has 3 N–H and O–H groups in total. The summed E-state index contributed by atoms with van der Waals surface area (Å²) in [6.45, 7) is 0. The number of benzene rings is 1. The Balaban J connectivity index is 2.04. The van der Waals surface area contributed by atoms with Crippen molar-refractivity contribution in [3.8, 4) is 5.75 Å². The maximum atomic E-state index is 11.9. The zero-order valence-corrected chi connectivity index (χ0v) is 9.60. The summed E-state index contributed by atoms with van der Waals surface area (Å²) in [6, 6.07) is 6.22. The molecule has 0 aromatic heterocycles. The van der Waals surface area contributed by atoms with Crippen molar-refractivity contribution in [3.63, 3.8) is 0 Å². The molecule has 1 aromatic rings. The zero-order chi connectivity index (χ0) is 12.3. The van der Waals surface area contributed by atoms with Gasteiger partial charge in [-0.3, -0.25) is 4.79 Å². The summed E-state index contributed by atoms with van der Waals surface area (Å²) in [5.74, 6) is -0.357. The van der Waals surface area contributed by atoms with E-state index in [0.717, 1.165) is 25.7 Å². The lowest BCUT2D eigenvalue weighted by Gasteiger charge is -2.28. The Kier molecular flexibility index (Phi) is 3.64. The molecule has 1 amide bonds. The topological polar surface area (TPSA) is 69.6 Å². The number of amides is 1. The van der Waals surface area contributed by atoms with Crippen LogP contribution in [-0.2, 0) is 0 Å². The predicted octanol–water partition coefficient (Wildman–Crippen LogP) is 1.43. The molecule has 0 spiro atoms. The summed E-state index contributed by atoms with van der Waals surface area (Å²) in [7, 11) is 0. The van der Waals surface area contributed by atoms with Crippen LogP contribution in [0.25, 0.3) is 0 Å². The smallest absolute Gasteiger partial charge is 0.255 e. The van der Waals surface area contributed by atoms with Gasteiger partial charge in [0, 0.05) is 0 Å². The van der Waals surface area contributed by atoms with Gasteiger partial charge in [-0.15, -0.1) is 0 Å². The van der Waals surface area contributed by atoms with Crippen LogP contribution < -0.4 is 5.32 Å². The van der Waals surface area contributed by atoms with Gasteiger partial charge in [-0.05, 0) is 25.0 Å². The van der Waals surface area contributed by atoms with Gasteiger partial charge in [0.1, 0.15) is 5.75 Å². The minimum Gasteiger partial charge on any atom is -0.507 e. The second-order valence-electron chi connectivity index (χ2n) is 4.45. The number of aliphatic hydroxyl groups is 1. The van der Waals surface area contributed by atoms with Crippen molar-refractivity contribution in [2.45, 2.75) is 37.8 Å². The Hall–Kier alpha value is -1.55. The van der Waals surface area contributed by atoms with Crippen LogP contribution in [0, 0.1) is 0 Å². The van der Waals surface area contributed by atoms with Crippen LogP contribution in [0.3, 0.4) is 0 Å². The zero-order valence-electron chi connectivity index (χ0n) is 9.60. The number of carbonyl (C=O) groups is 1. The molecule has 0 bridgehead atoms. The molecule has 92 valence electrons. The fraction of sp³-hybridized carbons (Fsp3) is 0.462. The average molecular weight is 235 g/mol. The van der Waals surface area contributed by atoms with Crippen LogP contribution in [0.5, 0.6) is 5.75 Å². The number of phenols is 1. The quantitative estimate of drug-likeness (QED) is 0.726. The molecule has 0 saturated heterocycles. The molecule has 0 radical (unpaired) electrons. The van der Waals surface area contributed by atoms with E-state index in [0.29, 0.717) is 0 Å². The second kappa shape index (κ2) is 5.19. The highest BCUT2D eigenvalue weighted by Gasteiger charge is 2.25. The maximum Gasteiger partial charge on any atom is 0.255 e. The van der Waals surface area contributed by atoms with E-state index in [4.69, 9.17) is 0 Å². The molecule has 1 saturated carbocycles. The molecule has 1 fully saturated rings. The van der Waals surface area contributed by atoms with Gasteiger partial charge < -0.3 is 15.5 Å². The summed E-state index contributed by atoms with van der Waals surface area (Å²) in [5, 5.41) is 22.1. The molecule has 0 heterocycles. The number of rotatable bonds is 2. The van der Waals surface area contributed by atoms with Crippen LogP contribution in [0.2, 0.25) is 0 Å². The van der Waals surface area contributed by atoms with E-state index < -0.39 is 6.10 Å². The first-order valence-corrected chi connectivity index (χ1v) is 5.95. The van der Waals surface area contributed by atoms with Gasteiger partial charge in [-0.2, -0.15) is 0 Å². The molecule has 1 aromatic carbocycles. The van der Waals surface area contributed by atoms with Crippen molar-refractivity contribution in [3.05, 3.63) is 29.8 Å². The lowest BCUT2D eigenvalue weighted by Crippen LogP contribution is -2.45.